The van der Waals surface area contributed by atoms with Gasteiger partial charge in [0.05, 0.1) is 11.2 Å². The minimum Gasteiger partial charge on any atom is -0.353 e. The van der Waals surface area contributed by atoms with Crippen LogP contribution in [0.1, 0.15) is 11.1 Å². The molecule has 160 valence electrons. The first-order valence-corrected chi connectivity index (χ1v) is 10.9. The topological polar surface area (TPSA) is 76.0 Å². The maximum atomic E-state index is 14.3. The van der Waals surface area contributed by atoms with Crippen molar-refractivity contribution in [2.75, 3.05) is 12.4 Å². The van der Waals surface area contributed by atoms with E-state index in [1.807, 2.05) is 0 Å². The van der Waals surface area contributed by atoms with Gasteiger partial charge < -0.3 is 10.6 Å². The number of aryl methyl sites for hydroxylation is 1. The van der Waals surface area contributed by atoms with Gasteiger partial charge in [-0.05, 0) is 55.4 Å². The highest BCUT2D eigenvalue weighted by molar-refractivity contribution is 7.90. The zero-order valence-corrected chi connectivity index (χ0v) is 17.7. The lowest BCUT2D eigenvalue weighted by Gasteiger charge is -2.11. The van der Waals surface area contributed by atoms with Gasteiger partial charge in [0.15, 0.2) is 0 Å². The molecule has 0 saturated heterocycles. The van der Waals surface area contributed by atoms with Gasteiger partial charge in [-0.25, -0.2) is 21.2 Å². The van der Waals surface area contributed by atoms with E-state index in [2.05, 4.69) is 15.6 Å². The van der Waals surface area contributed by atoms with E-state index in [4.69, 9.17) is 0 Å². The Morgan fingerprint density at radius 2 is 1.90 bits per heavy atom. The summed E-state index contributed by atoms with van der Waals surface area (Å²) in [5, 5.41) is 6.59. The quantitative estimate of drug-likeness (QED) is 0.465. The van der Waals surface area contributed by atoms with Crippen LogP contribution < -0.4 is 10.6 Å². The number of anilines is 2. The smallest absolute Gasteiger partial charge is 0.269 e. The van der Waals surface area contributed by atoms with Crippen molar-refractivity contribution in [3.8, 4) is 0 Å². The number of halogens is 2. The van der Waals surface area contributed by atoms with Crippen LogP contribution in [0.5, 0.6) is 0 Å². The number of nitrogens with one attached hydrogen (secondary N) is 2. The Morgan fingerprint density at radius 3 is 2.61 bits per heavy atom. The van der Waals surface area contributed by atoms with Crippen molar-refractivity contribution in [2.45, 2.75) is 18.4 Å². The van der Waals surface area contributed by atoms with Gasteiger partial charge in [-0.15, -0.1) is 0 Å². The van der Waals surface area contributed by atoms with E-state index in [0.717, 1.165) is 23.1 Å². The summed E-state index contributed by atoms with van der Waals surface area (Å²) >= 11 is 0. The number of pyridine rings is 1. The van der Waals surface area contributed by atoms with Crippen molar-refractivity contribution in [1.29, 1.82) is 0 Å². The molecule has 0 atom stereocenters. The monoisotopic (exact) mass is 442 g/mol. The molecule has 0 saturated carbocycles. The SMILES string of the molecule is CNCc1cn(S(=O)(=O)c2cccnc2)c2cc(Nc3cc(F)c(C)cc3F)ccc12. The zero-order valence-electron chi connectivity index (χ0n) is 16.9. The highest BCUT2D eigenvalue weighted by Crippen LogP contribution is 2.30. The van der Waals surface area contributed by atoms with Crippen molar-refractivity contribution in [1.82, 2.24) is 14.3 Å². The second-order valence-corrected chi connectivity index (χ2v) is 8.93. The predicted octanol–water partition coefficient (Wildman–Crippen LogP) is 4.32. The van der Waals surface area contributed by atoms with Crippen molar-refractivity contribution >= 4 is 32.3 Å². The molecule has 2 heterocycles. The van der Waals surface area contributed by atoms with Gasteiger partial charge in [0.1, 0.15) is 16.5 Å². The van der Waals surface area contributed by atoms with Gasteiger partial charge in [0.2, 0.25) is 0 Å². The molecule has 0 aliphatic carbocycles. The average Bonchev–Trinajstić information content (AvgIpc) is 3.11. The molecule has 0 fully saturated rings. The Labute approximate surface area is 178 Å². The molecule has 0 aliphatic heterocycles. The fraction of sp³-hybridized carbons (Fsp3) is 0.136. The number of rotatable bonds is 6. The first kappa shape index (κ1) is 21.0. The maximum Gasteiger partial charge on any atom is 0.269 e. The third-order valence-electron chi connectivity index (χ3n) is 4.94. The lowest BCUT2D eigenvalue weighted by molar-refractivity contribution is 0.588. The van der Waals surface area contributed by atoms with Crippen LogP contribution in [0.15, 0.2) is 66.0 Å². The summed E-state index contributed by atoms with van der Waals surface area (Å²) in [6.45, 7) is 1.93. The van der Waals surface area contributed by atoms with Gasteiger partial charge >= 0.3 is 0 Å². The number of hydrogen-bond donors (Lipinski definition) is 2. The summed E-state index contributed by atoms with van der Waals surface area (Å²) in [6, 6.07) is 10.2. The zero-order chi connectivity index (χ0) is 22.2. The molecular weight excluding hydrogens is 422 g/mol. The number of nitrogens with zero attached hydrogens (tertiary/aromatic N) is 2. The van der Waals surface area contributed by atoms with Crippen LogP contribution in [-0.2, 0) is 16.6 Å². The lowest BCUT2D eigenvalue weighted by Crippen LogP contribution is -2.12. The van der Waals surface area contributed by atoms with Crippen LogP contribution in [0.2, 0.25) is 0 Å². The van der Waals surface area contributed by atoms with Gasteiger partial charge in [0.25, 0.3) is 10.0 Å². The van der Waals surface area contributed by atoms with Gasteiger partial charge in [-0.1, -0.05) is 6.07 Å². The normalized spacial score (nSPS) is 11.7. The minimum atomic E-state index is -3.91. The van der Waals surface area contributed by atoms with Crippen LogP contribution in [-0.4, -0.2) is 24.4 Å². The molecule has 0 unspecified atom stereocenters. The summed E-state index contributed by atoms with van der Waals surface area (Å²) in [5.41, 5.74) is 1.78. The fourth-order valence-corrected chi connectivity index (χ4v) is 4.73. The van der Waals surface area contributed by atoms with E-state index in [1.54, 1.807) is 37.5 Å². The van der Waals surface area contributed by atoms with Crippen molar-refractivity contribution in [3.63, 3.8) is 0 Å². The first-order chi connectivity index (χ1) is 14.8. The predicted molar refractivity (Wildman–Crippen MR) is 116 cm³/mol. The molecule has 0 spiro atoms. The maximum absolute atomic E-state index is 14.3. The molecule has 0 amide bonds. The van der Waals surface area contributed by atoms with Crippen molar-refractivity contribution in [2.24, 2.45) is 0 Å². The molecule has 0 bridgehead atoms. The number of hydrogen-bond acceptors (Lipinski definition) is 5. The highest BCUT2D eigenvalue weighted by Gasteiger charge is 2.22. The molecule has 0 aliphatic rings. The number of aromatic nitrogens is 2. The Morgan fingerprint density at radius 1 is 1.10 bits per heavy atom. The molecular formula is C22H20F2N4O2S. The van der Waals surface area contributed by atoms with Crippen LogP contribution in [0, 0.1) is 18.6 Å². The Balaban J connectivity index is 1.85. The molecule has 31 heavy (non-hydrogen) atoms. The summed E-state index contributed by atoms with van der Waals surface area (Å²) in [4.78, 5) is 3.95. The second-order valence-electron chi connectivity index (χ2n) is 7.11. The van der Waals surface area contributed by atoms with E-state index in [0.29, 0.717) is 17.7 Å². The summed E-state index contributed by atoms with van der Waals surface area (Å²) < 4.78 is 55.9. The van der Waals surface area contributed by atoms with Gasteiger partial charge in [0, 0.05) is 42.3 Å². The van der Waals surface area contributed by atoms with Crippen LogP contribution in [0.25, 0.3) is 10.9 Å². The van der Waals surface area contributed by atoms with Crippen molar-refractivity contribution in [3.05, 3.63) is 83.8 Å². The molecule has 2 aromatic heterocycles. The number of benzene rings is 2. The summed E-state index contributed by atoms with van der Waals surface area (Å²) in [6.07, 6.45) is 4.33. The molecule has 4 rings (SSSR count). The van der Waals surface area contributed by atoms with Gasteiger partial charge in [-0.3, -0.25) is 4.98 Å². The minimum absolute atomic E-state index is 0.0360. The summed E-state index contributed by atoms with van der Waals surface area (Å²) in [5.74, 6) is -1.14. The molecule has 2 N–H and O–H groups in total. The molecule has 4 aromatic rings. The van der Waals surface area contributed by atoms with Gasteiger partial charge in [-0.2, -0.15) is 0 Å². The second kappa shape index (κ2) is 8.09. The average molecular weight is 442 g/mol. The third kappa shape index (κ3) is 3.89. The molecule has 6 nitrogen and oxygen atoms in total. The van der Waals surface area contributed by atoms with E-state index in [1.165, 1.54) is 29.4 Å². The molecule has 0 radical (unpaired) electrons. The molecule has 2 aromatic carbocycles. The van der Waals surface area contributed by atoms with Crippen LogP contribution in [0.4, 0.5) is 20.2 Å². The number of fused-ring (bicyclic) bond motifs is 1. The van der Waals surface area contributed by atoms with Crippen molar-refractivity contribution < 1.29 is 17.2 Å². The standard InChI is InChI=1S/C22H20F2N4O2S/c1-14-8-20(24)21(10-19(14)23)27-16-5-6-18-15(11-25-2)13-28(22(18)9-16)31(29,30)17-4-3-7-26-12-17/h3-10,12-13,25,27H,11H2,1-2H3. The van der Waals surface area contributed by atoms with E-state index in [9.17, 15) is 17.2 Å². The van der Waals surface area contributed by atoms with Crippen LogP contribution >= 0.6 is 0 Å². The Kier molecular flexibility index (Phi) is 5.47. The lowest BCUT2D eigenvalue weighted by atomic mass is 10.1. The largest absolute Gasteiger partial charge is 0.353 e. The van der Waals surface area contributed by atoms with E-state index < -0.39 is 21.7 Å². The molecule has 9 heteroatoms. The highest BCUT2D eigenvalue weighted by atomic mass is 32.2. The Hall–Kier alpha value is -3.30. The van der Waals surface area contributed by atoms with E-state index in [-0.39, 0.29) is 16.1 Å². The van der Waals surface area contributed by atoms with Crippen LogP contribution in [0.3, 0.4) is 0 Å². The fourth-order valence-electron chi connectivity index (χ4n) is 3.38. The Bertz CT molecular complexity index is 1370. The third-order valence-corrected chi connectivity index (χ3v) is 6.60. The summed E-state index contributed by atoms with van der Waals surface area (Å²) in [7, 11) is -2.14. The first-order valence-electron chi connectivity index (χ1n) is 9.48. The van der Waals surface area contributed by atoms with E-state index >= 15 is 0 Å².